The summed E-state index contributed by atoms with van der Waals surface area (Å²) < 4.78 is 5.51. The fourth-order valence-electron chi connectivity index (χ4n) is 1.89. The van der Waals surface area contributed by atoms with Crippen LogP contribution in [0.5, 0.6) is 5.75 Å². The Morgan fingerprint density at radius 3 is 2.64 bits per heavy atom. The normalized spacial score (nSPS) is 11.0. The molecule has 22 heavy (non-hydrogen) atoms. The van der Waals surface area contributed by atoms with Crippen molar-refractivity contribution in [3.8, 4) is 5.75 Å². The summed E-state index contributed by atoms with van der Waals surface area (Å²) >= 11 is 0. The molecule has 0 aromatic heterocycles. The highest BCUT2D eigenvalue weighted by atomic mass is 127. The fourth-order valence-corrected chi connectivity index (χ4v) is 1.89. The van der Waals surface area contributed by atoms with Gasteiger partial charge in [-0.1, -0.05) is 26.0 Å². The third-order valence-electron chi connectivity index (χ3n) is 2.99. The average molecular weight is 419 g/mol. The van der Waals surface area contributed by atoms with Crippen molar-refractivity contribution in [2.45, 2.75) is 40.7 Å². The predicted molar refractivity (Wildman–Crippen MR) is 105 cm³/mol. The molecular formula is C17H30IN3O. The van der Waals surface area contributed by atoms with Gasteiger partial charge >= 0.3 is 0 Å². The summed E-state index contributed by atoms with van der Waals surface area (Å²) in [6, 6.07) is 8.10. The topological polar surface area (TPSA) is 45.7 Å². The molecule has 1 rings (SSSR count). The van der Waals surface area contributed by atoms with Crippen LogP contribution in [-0.2, 0) is 6.54 Å². The van der Waals surface area contributed by atoms with Crippen molar-refractivity contribution in [3.05, 3.63) is 29.8 Å². The smallest absolute Gasteiger partial charge is 0.191 e. The number of aliphatic imine (C=N–C) groups is 1. The van der Waals surface area contributed by atoms with E-state index in [4.69, 9.17) is 4.74 Å². The van der Waals surface area contributed by atoms with E-state index < -0.39 is 0 Å². The Morgan fingerprint density at radius 1 is 1.23 bits per heavy atom. The lowest BCUT2D eigenvalue weighted by Gasteiger charge is -2.12. The summed E-state index contributed by atoms with van der Waals surface area (Å²) in [5, 5.41) is 6.64. The van der Waals surface area contributed by atoms with E-state index in [0.29, 0.717) is 19.1 Å². The molecule has 2 N–H and O–H groups in total. The molecule has 0 heterocycles. The minimum Gasteiger partial charge on any atom is -0.494 e. The molecule has 1 aromatic carbocycles. The van der Waals surface area contributed by atoms with E-state index >= 15 is 0 Å². The number of ether oxygens (including phenoxy) is 1. The van der Waals surface area contributed by atoms with Crippen molar-refractivity contribution in [2.75, 3.05) is 19.7 Å². The zero-order valence-electron chi connectivity index (χ0n) is 14.2. The van der Waals surface area contributed by atoms with Crippen molar-refractivity contribution in [3.63, 3.8) is 0 Å². The van der Waals surface area contributed by atoms with Gasteiger partial charge in [0.15, 0.2) is 5.96 Å². The van der Waals surface area contributed by atoms with Gasteiger partial charge in [0.1, 0.15) is 5.75 Å². The first-order valence-electron chi connectivity index (χ1n) is 7.89. The number of nitrogens with zero attached hydrogens (tertiary/aromatic N) is 1. The SMILES string of the molecule is CCNC(=NCc1cccc(OCC)c1)NCCC(C)C.I. The first-order chi connectivity index (χ1) is 10.2. The molecule has 126 valence electrons. The van der Waals surface area contributed by atoms with Crippen LogP contribution in [0.4, 0.5) is 0 Å². The first kappa shape index (κ1) is 21.0. The van der Waals surface area contributed by atoms with Crippen LogP contribution in [0.1, 0.15) is 39.7 Å². The van der Waals surface area contributed by atoms with Crippen molar-refractivity contribution in [2.24, 2.45) is 10.9 Å². The number of hydrogen-bond acceptors (Lipinski definition) is 2. The number of nitrogens with one attached hydrogen (secondary N) is 2. The highest BCUT2D eigenvalue weighted by Gasteiger charge is 2.00. The van der Waals surface area contributed by atoms with Gasteiger partial charge in [-0.25, -0.2) is 4.99 Å². The Hall–Kier alpha value is -0.980. The minimum absolute atomic E-state index is 0. The third kappa shape index (κ3) is 9.12. The van der Waals surface area contributed by atoms with Crippen LogP contribution in [0.3, 0.4) is 0 Å². The molecule has 0 spiro atoms. The largest absolute Gasteiger partial charge is 0.494 e. The second kappa shape index (κ2) is 12.6. The summed E-state index contributed by atoms with van der Waals surface area (Å²) in [5.41, 5.74) is 1.15. The first-order valence-corrected chi connectivity index (χ1v) is 7.89. The van der Waals surface area contributed by atoms with Crippen molar-refractivity contribution in [1.82, 2.24) is 10.6 Å². The Labute approximate surface area is 152 Å². The quantitative estimate of drug-likeness (QED) is 0.383. The van der Waals surface area contributed by atoms with Crippen molar-refractivity contribution >= 4 is 29.9 Å². The van der Waals surface area contributed by atoms with Gasteiger partial charge in [0.05, 0.1) is 13.2 Å². The number of guanidine groups is 1. The van der Waals surface area contributed by atoms with Gasteiger partial charge in [-0.05, 0) is 43.9 Å². The van der Waals surface area contributed by atoms with Gasteiger partial charge in [0.25, 0.3) is 0 Å². The molecule has 0 radical (unpaired) electrons. The average Bonchev–Trinajstić information content (AvgIpc) is 2.45. The third-order valence-corrected chi connectivity index (χ3v) is 2.99. The van der Waals surface area contributed by atoms with Crippen LogP contribution in [0, 0.1) is 5.92 Å². The van der Waals surface area contributed by atoms with Crippen LogP contribution < -0.4 is 15.4 Å². The zero-order chi connectivity index (χ0) is 15.5. The number of halogens is 1. The van der Waals surface area contributed by atoms with E-state index in [1.54, 1.807) is 0 Å². The fraction of sp³-hybridized carbons (Fsp3) is 0.588. The van der Waals surface area contributed by atoms with Crippen LogP contribution in [0.15, 0.2) is 29.3 Å². The van der Waals surface area contributed by atoms with E-state index in [2.05, 4.69) is 42.5 Å². The molecule has 0 fully saturated rings. The molecule has 0 amide bonds. The summed E-state index contributed by atoms with van der Waals surface area (Å²) in [4.78, 5) is 4.62. The lowest BCUT2D eigenvalue weighted by Crippen LogP contribution is -2.38. The molecule has 0 saturated heterocycles. The monoisotopic (exact) mass is 419 g/mol. The van der Waals surface area contributed by atoms with Gasteiger partial charge in [-0.2, -0.15) is 0 Å². The van der Waals surface area contributed by atoms with E-state index in [0.717, 1.165) is 36.8 Å². The van der Waals surface area contributed by atoms with Crippen LogP contribution >= 0.6 is 24.0 Å². The number of benzene rings is 1. The lowest BCUT2D eigenvalue weighted by atomic mass is 10.1. The summed E-state index contributed by atoms with van der Waals surface area (Å²) in [6.45, 7) is 11.7. The molecule has 0 unspecified atom stereocenters. The van der Waals surface area contributed by atoms with Crippen molar-refractivity contribution in [1.29, 1.82) is 0 Å². The van der Waals surface area contributed by atoms with E-state index in [1.165, 1.54) is 0 Å². The van der Waals surface area contributed by atoms with E-state index in [9.17, 15) is 0 Å². The molecule has 5 heteroatoms. The standard InChI is InChI=1S/C17H29N3O.HI/c1-5-18-17(19-11-10-14(3)4)20-13-15-8-7-9-16(12-15)21-6-2;/h7-9,12,14H,5-6,10-11,13H2,1-4H3,(H2,18,19,20);1H. The van der Waals surface area contributed by atoms with Gasteiger partial charge in [-0.15, -0.1) is 24.0 Å². The maximum absolute atomic E-state index is 5.51. The lowest BCUT2D eigenvalue weighted by molar-refractivity contribution is 0.340. The van der Waals surface area contributed by atoms with Crippen LogP contribution in [-0.4, -0.2) is 25.7 Å². The second-order valence-electron chi connectivity index (χ2n) is 5.38. The predicted octanol–water partition coefficient (Wildman–Crippen LogP) is 3.80. The number of rotatable bonds is 8. The van der Waals surface area contributed by atoms with Gasteiger partial charge in [0.2, 0.25) is 0 Å². The summed E-state index contributed by atoms with van der Waals surface area (Å²) in [5.74, 6) is 2.48. The Morgan fingerprint density at radius 2 is 2.00 bits per heavy atom. The number of hydrogen-bond donors (Lipinski definition) is 2. The molecule has 0 aliphatic carbocycles. The molecule has 0 aliphatic heterocycles. The highest BCUT2D eigenvalue weighted by Crippen LogP contribution is 2.13. The molecule has 4 nitrogen and oxygen atoms in total. The highest BCUT2D eigenvalue weighted by molar-refractivity contribution is 14.0. The molecule has 1 aromatic rings. The maximum atomic E-state index is 5.51. The molecule has 0 saturated carbocycles. The molecule has 0 aliphatic rings. The van der Waals surface area contributed by atoms with E-state index in [-0.39, 0.29) is 24.0 Å². The Bertz CT molecular complexity index is 436. The van der Waals surface area contributed by atoms with Gasteiger partial charge < -0.3 is 15.4 Å². The Balaban J connectivity index is 0.00000441. The Kier molecular flexibility index (Phi) is 12.0. The minimum atomic E-state index is 0. The summed E-state index contributed by atoms with van der Waals surface area (Å²) in [6.07, 6.45) is 1.14. The van der Waals surface area contributed by atoms with Crippen LogP contribution in [0.2, 0.25) is 0 Å². The van der Waals surface area contributed by atoms with Crippen molar-refractivity contribution < 1.29 is 4.74 Å². The molecule has 0 atom stereocenters. The van der Waals surface area contributed by atoms with Gasteiger partial charge in [-0.3, -0.25) is 0 Å². The maximum Gasteiger partial charge on any atom is 0.191 e. The van der Waals surface area contributed by atoms with Crippen LogP contribution in [0.25, 0.3) is 0 Å². The molecule has 0 bridgehead atoms. The molecular weight excluding hydrogens is 389 g/mol. The second-order valence-corrected chi connectivity index (χ2v) is 5.38. The van der Waals surface area contributed by atoms with E-state index in [1.807, 2.05) is 25.1 Å². The zero-order valence-corrected chi connectivity index (χ0v) is 16.5. The summed E-state index contributed by atoms with van der Waals surface area (Å²) in [7, 11) is 0. The van der Waals surface area contributed by atoms with Gasteiger partial charge in [0, 0.05) is 13.1 Å².